The summed E-state index contributed by atoms with van der Waals surface area (Å²) in [5.74, 6) is 0.796. The third-order valence-electron chi connectivity index (χ3n) is 5.72. The first kappa shape index (κ1) is 18.7. The highest BCUT2D eigenvalue weighted by Crippen LogP contribution is 2.37. The highest BCUT2D eigenvalue weighted by Gasteiger charge is 2.23. The molecule has 1 amide bonds. The zero-order valence-corrected chi connectivity index (χ0v) is 16.3. The highest BCUT2D eigenvalue weighted by atomic mass is 16.4. The number of aliphatic hydroxyl groups excluding tert-OH is 1. The van der Waals surface area contributed by atoms with Crippen molar-refractivity contribution in [2.75, 3.05) is 13.2 Å². The lowest BCUT2D eigenvalue weighted by atomic mass is 9.93. The van der Waals surface area contributed by atoms with Crippen molar-refractivity contribution < 1.29 is 18.7 Å². The molecule has 1 aromatic carbocycles. The Bertz CT molecular complexity index is 1120. The van der Waals surface area contributed by atoms with Crippen LogP contribution < -0.4 is 10.9 Å². The topological polar surface area (TPSA) is 92.7 Å². The van der Waals surface area contributed by atoms with E-state index >= 15 is 0 Å². The molecule has 2 heterocycles. The molecule has 0 aliphatic heterocycles. The second kappa shape index (κ2) is 7.43. The molecule has 1 aliphatic rings. The second-order valence-electron chi connectivity index (χ2n) is 7.56. The predicted molar refractivity (Wildman–Crippen MR) is 107 cm³/mol. The third-order valence-corrected chi connectivity index (χ3v) is 5.72. The molecule has 0 spiro atoms. The molecule has 6 nitrogen and oxygen atoms in total. The van der Waals surface area contributed by atoms with E-state index in [1.165, 1.54) is 5.56 Å². The number of hydrogen-bond donors (Lipinski definition) is 2. The molecule has 0 saturated heterocycles. The van der Waals surface area contributed by atoms with Crippen LogP contribution in [0.1, 0.15) is 47.3 Å². The van der Waals surface area contributed by atoms with Gasteiger partial charge in [-0.15, -0.1) is 0 Å². The molecule has 2 N–H and O–H groups in total. The fourth-order valence-corrected chi connectivity index (χ4v) is 4.15. The molecule has 6 heteroatoms. The maximum atomic E-state index is 12.6. The van der Waals surface area contributed by atoms with Crippen molar-refractivity contribution in [3.8, 4) is 0 Å². The molecular formula is C22H25NO5. The van der Waals surface area contributed by atoms with Crippen molar-refractivity contribution in [3.63, 3.8) is 0 Å². The number of aryl methyl sites for hydroxylation is 4. The molecule has 0 fully saturated rings. The van der Waals surface area contributed by atoms with Gasteiger partial charge < -0.3 is 19.3 Å². The quantitative estimate of drug-likeness (QED) is 0.522. The molecule has 0 atom stereocenters. The van der Waals surface area contributed by atoms with Crippen LogP contribution in [0.5, 0.6) is 0 Å². The summed E-state index contributed by atoms with van der Waals surface area (Å²) in [5.41, 5.74) is 4.11. The van der Waals surface area contributed by atoms with Crippen LogP contribution >= 0.6 is 0 Å². The lowest BCUT2D eigenvalue weighted by Gasteiger charge is -2.11. The van der Waals surface area contributed by atoms with E-state index in [1.54, 1.807) is 0 Å². The highest BCUT2D eigenvalue weighted by molar-refractivity contribution is 6.00. The van der Waals surface area contributed by atoms with E-state index in [0.29, 0.717) is 24.1 Å². The zero-order valence-electron chi connectivity index (χ0n) is 16.3. The normalized spacial score (nSPS) is 13.8. The molecule has 28 heavy (non-hydrogen) atoms. The van der Waals surface area contributed by atoms with Crippen molar-refractivity contribution in [2.24, 2.45) is 0 Å². The van der Waals surface area contributed by atoms with Gasteiger partial charge in [-0.25, -0.2) is 4.79 Å². The fourth-order valence-electron chi connectivity index (χ4n) is 4.15. The number of carbonyl (C=O) groups is 1. The van der Waals surface area contributed by atoms with Gasteiger partial charge in [0.1, 0.15) is 16.9 Å². The standard InChI is InChI=1S/C22H25NO5/c1-12-15-10-17-14-6-3-4-7-18(14)27-21(17)13(2)20(15)28-22(26)16(12)11-19(25)23-8-5-9-24/h10,24H,3-9,11H2,1-2H3,(H,23,25). The van der Waals surface area contributed by atoms with Gasteiger partial charge in [0.2, 0.25) is 5.91 Å². The Labute approximate surface area is 162 Å². The Kier molecular flexibility index (Phi) is 4.98. The summed E-state index contributed by atoms with van der Waals surface area (Å²) in [6.07, 6.45) is 4.69. The summed E-state index contributed by atoms with van der Waals surface area (Å²) in [7, 11) is 0. The first-order valence-electron chi connectivity index (χ1n) is 9.89. The lowest BCUT2D eigenvalue weighted by Crippen LogP contribution is -2.29. The number of fused-ring (bicyclic) bond motifs is 4. The molecule has 0 saturated carbocycles. The third kappa shape index (κ3) is 3.11. The minimum atomic E-state index is -0.485. The van der Waals surface area contributed by atoms with Crippen LogP contribution in [0, 0.1) is 13.8 Å². The van der Waals surface area contributed by atoms with E-state index in [2.05, 4.69) is 11.4 Å². The smallest absolute Gasteiger partial charge is 0.340 e. The molecule has 0 unspecified atom stereocenters. The van der Waals surface area contributed by atoms with Crippen LogP contribution in [0.2, 0.25) is 0 Å². The van der Waals surface area contributed by atoms with Gasteiger partial charge in [-0.3, -0.25) is 4.79 Å². The van der Waals surface area contributed by atoms with Crippen LogP contribution in [0.4, 0.5) is 0 Å². The summed E-state index contributed by atoms with van der Waals surface area (Å²) in [6, 6.07) is 2.05. The van der Waals surface area contributed by atoms with Gasteiger partial charge in [-0.1, -0.05) is 0 Å². The Morgan fingerprint density at radius 2 is 1.86 bits per heavy atom. The van der Waals surface area contributed by atoms with E-state index in [9.17, 15) is 9.59 Å². The van der Waals surface area contributed by atoms with Crippen molar-refractivity contribution in [2.45, 2.75) is 52.4 Å². The molecule has 2 aromatic heterocycles. The molecule has 0 bridgehead atoms. The monoisotopic (exact) mass is 383 g/mol. The Morgan fingerprint density at radius 1 is 1.11 bits per heavy atom. The van der Waals surface area contributed by atoms with Gasteiger partial charge >= 0.3 is 5.63 Å². The average Bonchev–Trinajstić information content (AvgIpc) is 3.06. The molecule has 4 rings (SSSR count). The Morgan fingerprint density at radius 3 is 2.64 bits per heavy atom. The number of furan rings is 1. The molecule has 0 radical (unpaired) electrons. The number of amides is 1. The van der Waals surface area contributed by atoms with Gasteiger partial charge in [0.05, 0.1) is 12.0 Å². The van der Waals surface area contributed by atoms with Crippen LogP contribution in [0.25, 0.3) is 21.9 Å². The maximum Gasteiger partial charge on any atom is 0.340 e. The van der Waals surface area contributed by atoms with Gasteiger partial charge in [-0.2, -0.15) is 0 Å². The minimum Gasteiger partial charge on any atom is -0.460 e. The summed E-state index contributed by atoms with van der Waals surface area (Å²) >= 11 is 0. The first-order valence-corrected chi connectivity index (χ1v) is 9.89. The van der Waals surface area contributed by atoms with E-state index in [4.69, 9.17) is 13.9 Å². The van der Waals surface area contributed by atoms with E-state index < -0.39 is 5.63 Å². The number of hydrogen-bond acceptors (Lipinski definition) is 5. The Balaban J connectivity index is 1.82. The second-order valence-corrected chi connectivity index (χ2v) is 7.56. The summed E-state index contributed by atoms with van der Waals surface area (Å²) < 4.78 is 11.7. The van der Waals surface area contributed by atoms with E-state index in [-0.39, 0.29) is 18.9 Å². The largest absolute Gasteiger partial charge is 0.460 e. The average molecular weight is 383 g/mol. The number of carbonyl (C=O) groups excluding carboxylic acids is 1. The van der Waals surface area contributed by atoms with Gasteiger partial charge in [0.25, 0.3) is 0 Å². The van der Waals surface area contributed by atoms with Crippen molar-refractivity contribution in [1.29, 1.82) is 0 Å². The van der Waals surface area contributed by atoms with E-state index in [0.717, 1.165) is 58.9 Å². The predicted octanol–water partition coefficient (Wildman–Crippen LogP) is 3.08. The zero-order chi connectivity index (χ0) is 19.8. The van der Waals surface area contributed by atoms with Gasteiger partial charge in [0.15, 0.2) is 0 Å². The number of benzene rings is 1. The van der Waals surface area contributed by atoms with E-state index in [1.807, 2.05) is 13.8 Å². The van der Waals surface area contributed by atoms with Crippen LogP contribution in [-0.4, -0.2) is 24.2 Å². The van der Waals surface area contributed by atoms with Gasteiger partial charge in [0, 0.05) is 41.5 Å². The summed E-state index contributed by atoms with van der Waals surface area (Å²) in [5, 5.41) is 13.5. The van der Waals surface area contributed by atoms with Crippen molar-refractivity contribution in [3.05, 3.63) is 44.5 Å². The number of nitrogens with one attached hydrogen (secondary N) is 1. The number of rotatable bonds is 5. The molecule has 1 aliphatic carbocycles. The summed E-state index contributed by atoms with van der Waals surface area (Å²) in [6.45, 7) is 4.19. The number of aliphatic hydroxyl groups is 1. The Hall–Kier alpha value is -2.60. The van der Waals surface area contributed by atoms with Crippen LogP contribution in [0.3, 0.4) is 0 Å². The van der Waals surface area contributed by atoms with Crippen molar-refractivity contribution in [1.82, 2.24) is 5.32 Å². The molecular weight excluding hydrogens is 358 g/mol. The minimum absolute atomic E-state index is 0.0156. The first-order chi connectivity index (χ1) is 13.5. The maximum absolute atomic E-state index is 12.6. The van der Waals surface area contributed by atoms with Crippen LogP contribution in [0.15, 0.2) is 19.7 Å². The molecule has 3 aromatic rings. The van der Waals surface area contributed by atoms with Gasteiger partial charge in [-0.05, 0) is 51.2 Å². The fraction of sp³-hybridized carbons (Fsp3) is 0.455. The molecule has 148 valence electrons. The summed E-state index contributed by atoms with van der Waals surface area (Å²) in [4.78, 5) is 24.8. The van der Waals surface area contributed by atoms with Crippen molar-refractivity contribution >= 4 is 27.8 Å². The van der Waals surface area contributed by atoms with Crippen LogP contribution in [-0.2, 0) is 24.1 Å². The lowest BCUT2D eigenvalue weighted by molar-refractivity contribution is -0.120. The SMILES string of the molecule is Cc1c(CC(=O)NCCCO)c(=O)oc2c(C)c3oc4c(c3cc12)CCCC4.